The van der Waals surface area contributed by atoms with Gasteiger partial charge in [0.15, 0.2) is 0 Å². The summed E-state index contributed by atoms with van der Waals surface area (Å²) in [5, 5.41) is 3.38. The van der Waals surface area contributed by atoms with E-state index in [9.17, 15) is 9.59 Å². The Labute approximate surface area is 121 Å². The molecule has 3 rings (SSSR count). The van der Waals surface area contributed by atoms with Gasteiger partial charge in [-0.25, -0.2) is 4.98 Å². The molecule has 2 saturated heterocycles. The Balaban J connectivity index is 1.89. The standard InChI is InChI=1S/C13H17N3O3S/c1-7-11(20-13(15-7)19-2)12(18)16-8-3-4-9(16)6-14-10(17)5-8/h8-9H,3-6H2,1-2H3,(H,14,17)/t8-,9+/m1/s1. The van der Waals surface area contributed by atoms with Crippen molar-refractivity contribution in [2.24, 2.45) is 0 Å². The van der Waals surface area contributed by atoms with Crippen molar-refractivity contribution in [1.82, 2.24) is 15.2 Å². The van der Waals surface area contributed by atoms with Crippen LogP contribution >= 0.6 is 11.3 Å². The minimum Gasteiger partial charge on any atom is -0.473 e. The van der Waals surface area contributed by atoms with Gasteiger partial charge in [-0.15, -0.1) is 0 Å². The smallest absolute Gasteiger partial charge is 0.273 e. The highest BCUT2D eigenvalue weighted by Crippen LogP contribution is 2.33. The summed E-state index contributed by atoms with van der Waals surface area (Å²) in [7, 11) is 1.55. The second kappa shape index (κ2) is 5.05. The number of methoxy groups -OCH3 is 1. The SMILES string of the molecule is COc1nc(C)c(C(=O)N2[C@@H]3CC[C@H]2CNC(=O)C3)s1. The molecule has 3 heterocycles. The van der Waals surface area contributed by atoms with Crippen molar-refractivity contribution in [3.05, 3.63) is 10.6 Å². The third kappa shape index (κ3) is 2.15. The number of ether oxygens (including phenoxy) is 1. The molecule has 1 aromatic rings. The van der Waals surface area contributed by atoms with Crippen LogP contribution in [0.2, 0.25) is 0 Å². The highest BCUT2D eigenvalue weighted by atomic mass is 32.1. The number of fused-ring (bicyclic) bond motifs is 2. The number of aryl methyl sites for hydroxylation is 1. The number of nitrogens with one attached hydrogen (secondary N) is 1. The second-order valence-corrected chi connectivity index (χ2v) is 6.17. The predicted octanol–water partition coefficient (Wildman–Crippen LogP) is 0.953. The van der Waals surface area contributed by atoms with Gasteiger partial charge in [-0.3, -0.25) is 9.59 Å². The van der Waals surface area contributed by atoms with E-state index in [1.165, 1.54) is 11.3 Å². The molecule has 0 saturated carbocycles. The molecular weight excluding hydrogens is 278 g/mol. The van der Waals surface area contributed by atoms with Crippen LogP contribution < -0.4 is 10.1 Å². The van der Waals surface area contributed by atoms with Gasteiger partial charge in [0, 0.05) is 25.0 Å². The Hall–Kier alpha value is -1.63. The molecule has 7 heteroatoms. The van der Waals surface area contributed by atoms with Crippen molar-refractivity contribution in [3.63, 3.8) is 0 Å². The van der Waals surface area contributed by atoms with Gasteiger partial charge < -0.3 is 15.0 Å². The van der Waals surface area contributed by atoms with Gasteiger partial charge in [0.05, 0.1) is 12.8 Å². The summed E-state index contributed by atoms with van der Waals surface area (Å²) in [4.78, 5) is 31.1. The topological polar surface area (TPSA) is 71.5 Å². The van der Waals surface area contributed by atoms with Gasteiger partial charge in [0.2, 0.25) is 5.91 Å². The Bertz CT molecular complexity index is 557. The van der Waals surface area contributed by atoms with Crippen LogP contribution in [0.4, 0.5) is 0 Å². The average Bonchev–Trinajstić information content (AvgIpc) is 2.93. The molecule has 0 spiro atoms. The first-order chi connectivity index (χ1) is 9.60. The number of amides is 2. The Morgan fingerprint density at radius 2 is 2.20 bits per heavy atom. The summed E-state index contributed by atoms with van der Waals surface area (Å²) in [5.41, 5.74) is 0.694. The Kier molecular flexibility index (Phi) is 3.37. The van der Waals surface area contributed by atoms with Gasteiger partial charge in [-0.05, 0) is 19.8 Å². The number of nitrogens with zero attached hydrogens (tertiary/aromatic N) is 2. The maximum absolute atomic E-state index is 12.8. The lowest BCUT2D eigenvalue weighted by molar-refractivity contribution is -0.121. The number of aromatic nitrogens is 1. The molecule has 6 nitrogen and oxygen atoms in total. The molecule has 1 N–H and O–H groups in total. The minimum atomic E-state index is -0.0210. The summed E-state index contributed by atoms with van der Waals surface area (Å²) in [5.74, 6) is 0.0147. The van der Waals surface area contributed by atoms with E-state index in [0.717, 1.165) is 12.8 Å². The molecular formula is C13H17N3O3S. The van der Waals surface area contributed by atoms with Gasteiger partial charge in [-0.1, -0.05) is 11.3 Å². The number of hydrogen-bond acceptors (Lipinski definition) is 5. The number of hydrogen-bond donors (Lipinski definition) is 1. The van der Waals surface area contributed by atoms with Crippen molar-refractivity contribution in [1.29, 1.82) is 0 Å². The molecule has 0 radical (unpaired) electrons. The van der Waals surface area contributed by atoms with Crippen LogP contribution in [0.5, 0.6) is 5.19 Å². The van der Waals surface area contributed by atoms with Crippen molar-refractivity contribution >= 4 is 23.2 Å². The van der Waals surface area contributed by atoms with Crippen LogP contribution in [-0.2, 0) is 4.79 Å². The molecule has 2 atom stereocenters. The van der Waals surface area contributed by atoms with Crippen LogP contribution in [0.1, 0.15) is 34.6 Å². The summed E-state index contributed by atoms with van der Waals surface area (Å²) >= 11 is 1.27. The first-order valence-electron chi connectivity index (χ1n) is 6.71. The molecule has 0 aromatic carbocycles. The van der Waals surface area contributed by atoms with Crippen molar-refractivity contribution in [3.8, 4) is 5.19 Å². The largest absolute Gasteiger partial charge is 0.473 e. The predicted molar refractivity (Wildman–Crippen MR) is 74.0 cm³/mol. The number of carbonyl (C=O) groups excluding carboxylic acids is 2. The summed E-state index contributed by atoms with van der Waals surface area (Å²) in [6.45, 7) is 2.37. The van der Waals surface area contributed by atoms with E-state index in [-0.39, 0.29) is 23.9 Å². The fourth-order valence-electron chi connectivity index (χ4n) is 2.99. The number of rotatable bonds is 2. The van der Waals surface area contributed by atoms with Gasteiger partial charge in [-0.2, -0.15) is 0 Å². The lowest BCUT2D eigenvalue weighted by Crippen LogP contribution is -2.42. The number of thiazole rings is 1. The Morgan fingerprint density at radius 3 is 2.90 bits per heavy atom. The highest BCUT2D eigenvalue weighted by Gasteiger charge is 2.41. The van der Waals surface area contributed by atoms with Gasteiger partial charge >= 0.3 is 0 Å². The summed E-state index contributed by atoms with van der Waals surface area (Å²) in [6.07, 6.45) is 2.25. The molecule has 1 aromatic heterocycles. The zero-order valence-electron chi connectivity index (χ0n) is 11.5. The monoisotopic (exact) mass is 295 g/mol. The summed E-state index contributed by atoms with van der Waals surface area (Å²) < 4.78 is 5.09. The molecule has 2 amide bonds. The average molecular weight is 295 g/mol. The first kappa shape index (κ1) is 13.4. The molecule has 108 valence electrons. The highest BCUT2D eigenvalue weighted by molar-refractivity contribution is 7.15. The van der Waals surface area contributed by atoms with Crippen LogP contribution in [0, 0.1) is 6.92 Å². The van der Waals surface area contributed by atoms with Crippen molar-refractivity contribution in [2.45, 2.75) is 38.3 Å². The third-order valence-corrected chi connectivity index (χ3v) is 5.06. The molecule has 20 heavy (non-hydrogen) atoms. The zero-order chi connectivity index (χ0) is 14.3. The maximum Gasteiger partial charge on any atom is 0.273 e. The maximum atomic E-state index is 12.8. The van der Waals surface area contributed by atoms with E-state index >= 15 is 0 Å². The van der Waals surface area contributed by atoms with E-state index in [2.05, 4.69) is 10.3 Å². The quantitative estimate of drug-likeness (QED) is 0.882. The minimum absolute atomic E-state index is 0.0162. The molecule has 0 unspecified atom stereocenters. The van der Waals surface area contributed by atoms with Crippen LogP contribution in [0.3, 0.4) is 0 Å². The van der Waals surface area contributed by atoms with Gasteiger partial charge in [0.25, 0.3) is 11.1 Å². The lowest BCUT2D eigenvalue weighted by atomic mass is 10.1. The zero-order valence-corrected chi connectivity index (χ0v) is 12.3. The number of carbonyl (C=O) groups is 2. The van der Waals surface area contributed by atoms with E-state index in [1.54, 1.807) is 7.11 Å². The van der Waals surface area contributed by atoms with Gasteiger partial charge in [0.1, 0.15) is 4.88 Å². The van der Waals surface area contributed by atoms with Crippen LogP contribution in [0.15, 0.2) is 0 Å². The van der Waals surface area contributed by atoms with E-state index in [0.29, 0.717) is 28.7 Å². The molecule has 2 aliphatic heterocycles. The Morgan fingerprint density at radius 1 is 1.45 bits per heavy atom. The van der Waals surface area contributed by atoms with Crippen molar-refractivity contribution in [2.75, 3.05) is 13.7 Å². The fourth-order valence-corrected chi connectivity index (χ4v) is 3.81. The first-order valence-corrected chi connectivity index (χ1v) is 7.52. The van der Waals surface area contributed by atoms with E-state index in [4.69, 9.17) is 4.74 Å². The lowest BCUT2D eigenvalue weighted by Gasteiger charge is -2.26. The van der Waals surface area contributed by atoms with Crippen molar-refractivity contribution < 1.29 is 14.3 Å². The van der Waals surface area contributed by atoms with E-state index in [1.807, 2.05) is 11.8 Å². The van der Waals surface area contributed by atoms with Crippen LogP contribution in [-0.4, -0.2) is 47.4 Å². The molecule has 2 aliphatic rings. The normalized spacial score (nSPS) is 25.3. The second-order valence-electron chi connectivity index (χ2n) is 5.20. The molecule has 2 bridgehead atoms. The van der Waals surface area contributed by atoms with E-state index < -0.39 is 0 Å². The summed E-state index contributed by atoms with van der Waals surface area (Å²) in [6, 6.07) is 0.119. The third-order valence-electron chi connectivity index (χ3n) is 3.96. The fraction of sp³-hybridized carbons (Fsp3) is 0.615. The molecule has 0 aliphatic carbocycles. The van der Waals surface area contributed by atoms with Crippen LogP contribution in [0.25, 0.3) is 0 Å². The molecule has 2 fully saturated rings.